The fraction of sp³-hybridized carbons (Fsp3) is 0.902. The van der Waals surface area contributed by atoms with Crippen molar-refractivity contribution in [3.63, 3.8) is 0 Å². The molecule has 0 radical (unpaired) electrons. The highest BCUT2D eigenvalue weighted by molar-refractivity contribution is 5.78. The molecule has 504 valence electrons. The first kappa shape index (κ1) is 75.7. The van der Waals surface area contributed by atoms with Gasteiger partial charge >= 0.3 is 5.97 Å². The number of carboxylic acid groups (broad SMARTS) is 1. The fourth-order valence-electron chi connectivity index (χ4n) is 12.3. The Morgan fingerprint density at radius 3 is 1.54 bits per heavy atom. The first-order chi connectivity index (χ1) is 41.3. The Balaban J connectivity index is 1.37. The number of ether oxygens (including phenoxy) is 8. The van der Waals surface area contributed by atoms with E-state index in [-0.39, 0.29) is 24.0 Å². The summed E-state index contributed by atoms with van der Waals surface area (Å²) in [5.74, 6) is -3.28. The Morgan fingerprint density at radius 1 is 0.483 bits per heavy atom. The minimum Gasteiger partial charge on any atom is -0.479 e. The highest BCUT2D eigenvalue weighted by Crippen LogP contribution is 2.38. The maximum absolute atomic E-state index is 13.6. The van der Waals surface area contributed by atoms with Crippen LogP contribution in [0.5, 0.6) is 0 Å². The van der Waals surface area contributed by atoms with Crippen LogP contribution >= 0.6 is 0 Å². The molecule has 14 unspecified atom stereocenters. The van der Waals surface area contributed by atoms with Gasteiger partial charge in [0.2, 0.25) is 29.5 Å². The van der Waals surface area contributed by atoms with Gasteiger partial charge in [0, 0.05) is 52.3 Å². The summed E-state index contributed by atoms with van der Waals surface area (Å²) in [6.07, 6.45) is -8.26. The summed E-state index contributed by atoms with van der Waals surface area (Å²) in [4.78, 5) is 76.8. The zero-order chi connectivity index (χ0) is 64.5. The normalized spacial score (nSPS) is 33.8. The molecule has 26 heteroatoms. The zero-order valence-corrected chi connectivity index (χ0v) is 53.2. The minimum atomic E-state index is -2.17. The smallest absolute Gasteiger partial charge is 0.335 e. The number of nitrogens with one attached hydrogen (secondary N) is 5. The summed E-state index contributed by atoms with van der Waals surface area (Å²) < 4.78 is 48.6. The molecule has 4 saturated heterocycles. The predicted molar refractivity (Wildman–Crippen MR) is 316 cm³/mol. The largest absolute Gasteiger partial charge is 0.479 e. The molecule has 0 aromatic heterocycles. The molecule has 87 heavy (non-hydrogen) atoms. The van der Waals surface area contributed by atoms with Crippen molar-refractivity contribution in [2.75, 3.05) is 13.2 Å². The van der Waals surface area contributed by atoms with E-state index in [0.717, 1.165) is 71.6 Å². The summed E-state index contributed by atoms with van der Waals surface area (Å²) in [5, 5.41) is 91.6. The lowest BCUT2D eigenvalue weighted by atomic mass is 9.72. The van der Waals surface area contributed by atoms with Gasteiger partial charge in [-0.3, -0.25) is 24.0 Å². The van der Waals surface area contributed by atoms with Crippen LogP contribution in [0.3, 0.4) is 0 Å². The van der Waals surface area contributed by atoms with E-state index in [0.29, 0.717) is 57.4 Å². The molecule has 12 N–H and O–H groups in total. The van der Waals surface area contributed by atoms with Crippen molar-refractivity contribution in [3.8, 4) is 0 Å². The molecule has 5 amide bonds. The van der Waals surface area contributed by atoms with Crippen LogP contribution in [0.15, 0.2) is 0 Å². The van der Waals surface area contributed by atoms with Crippen LogP contribution < -0.4 is 26.6 Å². The molecule has 4 fully saturated rings. The van der Waals surface area contributed by atoms with Crippen molar-refractivity contribution in [3.05, 3.63) is 0 Å². The summed E-state index contributed by atoms with van der Waals surface area (Å²) in [5.41, 5.74) is -0.217. The van der Waals surface area contributed by atoms with Crippen LogP contribution in [-0.4, -0.2) is 213 Å². The van der Waals surface area contributed by atoms with E-state index in [1.165, 1.54) is 52.9 Å². The first-order valence-electron chi connectivity index (χ1n) is 32.2. The van der Waals surface area contributed by atoms with Gasteiger partial charge in [0.1, 0.15) is 73.1 Å². The molecule has 0 aromatic rings. The molecule has 0 aliphatic carbocycles. The zero-order valence-electron chi connectivity index (χ0n) is 53.2. The standard InChI is InChI=1S/C61H109N5O21/c1-11-15-18-19-21-28-40(27-17-13-3)61(14-4,31-24-16-12-2)66-42(71)30-23-22-29-41(70)62-32-25-20-26-33-80-57-44(64-38(9)68)52(47(73)35(6)81-57)84-59-45(65-39(10)69)53(48(74)36(7)83-59)85-60-55(51(77)50(76)54(86-60)56(78)79)87-58-43(63-37(8)67)49(75)46(72)34(5)82-58/h34-36,40,43-55,57-60,72-77H,11-33H2,1-10H3,(H,62,70)(H,63,67)(H,64,68)(H,65,69)(H,66,71)(H,78,79)/t34?,35?,36?,40?,43?,44?,45?,46-,47+,48-,49?,50+,51?,52?,53?,54?,55?,57-,58+,59+,60-,61?/m1/s1. The van der Waals surface area contributed by atoms with Crippen LogP contribution in [0.1, 0.15) is 204 Å². The van der Waals surface area contributed by atoms with Gasteiger partial charge in [-0.25, -0.2) is 4.79 Å². The second kappa shape index (κ2) is 38.2. The number of aliphatic hydroxyl groups excluding tert-OH is 6. The highest BCUT2D eigenvalue weighted by Gasteiger charge is 2.57. The van der Waals surface area contributed by atoms with Gasteiger partial charge in [-0.05, 0) is 84.5 Å². The number of aliphatic carboxylic acids is 1. The van der Waals surface area contributed by atoms with Crippen molar-refractivity contribution in [2.24, 2.45) is 5.92 Å². The number of aliphatic hydroxyl groups is 6. The van der Waals surface area contributed by atoms with Crippen molar-refractivity contribution < 1.29 is 102 Å². The Bertz CT molecular complexity index is 2080. The third-order valence-corrected chi connectivity index (χ3v) is 17.3. The molecule has 4 heterocycles. The van der Waals surface area contributed by atoms with E-state index in [9.17, 15) is 64.5 Å². The number of rotatable bonds is 38. The molecular formula is C61H109N5O21. The lowest BCUT2D eigenvalue weighted by Gasteiger charge is -2.50. The molecule has 26 nitrogen and oxygen atoms in total. The number of carbonyl (C=O) groups is 6. The average Bonchev–Trinajstić information content (AvgIpc) is 0.945. The van der Waals surface area contributed by atoms with Gasteiger partial charge in [-0.1, -0.05) is 91.9 Å². The van der Waals surface area contributed by atoms with Gasteiger partial charge in [0.25, 0.3) is 0 Å². The van der Waals surface area contributed by atoms with E-state index in [4.69, 9.17) is 37.9 Å². The third kappa shape index (κ3) is 22.9. The highest BCUT2D eigenvalue weighted by atomic mass is 16.8. The summed E-state index contributed by atoms with van der Waals surface area (Å²) in [6.45, 7) is 17.2. The number of hydrogen-bond acceptors (Lipinski definition) is 20. The molecular weight excluding hydrogens is 1140 g/mol. The molecule has 0 bridgehead atoms. The van der Waals surface area contributed by atoms with Crippen molar-refractivity contribution >= 4 is 35.5 Å². The van der Waals surface area contributed by atoms with E-state index in [1.54, 1.807) is 6.92 Å². The maximum atomic E-state index is 13.6. The van der Waals surface area contributed by atoms with Gasteiger partial charge in [-0.15, -0.1) is 0 Å². The number of carbonyl (C=O) groups excluding carboxylic acids is 5. The Kier molecular flexibility index (Phi) is 33.2. The van der Waals surface area contributed by atoms with E-state index in [1.807, 2.05) is 0 Å². The van der Waals surface area contributed by atoms with E-state index >= 15 is 0 Å². The quantitative estimate of drug-likeness (QED) is 0.0395. The number of amides is 5. The SMILES string of the molecule is CCCCCCCC(CCCC)C(CC)(CCCCC)NC(=O)CCCCC(=O)NCCCCCO[C@@H]1OC(C)[C@H](O)C(O[C@@H]2OC(C)[C@@H](O)C(O[C@@H]3OC(C(=O)O)[C@@H](O)C(O)C3O[C@@H]3OC(C)[C@@H](O)C(O)C3NC(C)=O)C2NC(C)=O)C1NC(C)=O. The molecule has 0 saturated carbocycles. The van der Waals surface area contributed by atoms with Crippen LogP contribution in [0.4, 0.5) is 0 Å². The maximum Gasteiger partial charge on any atom is 0.335 e. The van der Waals surface area contributed by atoms with Crippen LogP contribution in [0.25, 0.3) is 0 Å². The summed E-state index contributed by atoms with van der Waals surface area (Å²) in [7, 11) is 0. The van der Waals surface area contributed by atoms with Crippen LogP contribution in [0, 0.1) is 5.92 Å². The second-order valence-electron chi connectivity index (χ2n) is 24.4. The Labute approximate surface area is 514 Å². The lowest BCUT2D eigenvalue weighted by Crippen LogP contribution is -2.71. The lowest BCUT2D eigenvalue weighted by molar-refractivity contribution is -0.372. The predicted octanol–water partition coefficient (Wildman–Crippen LogP) is 2.74. The number of carboxylic acids is 1. The van der Waals surface area contributed by atoms with Crippen molar-refractivity contribution in [2.45, 2.75) is 332 Å². The monoisotopic (exact) mass is 1250 g/mol. The summed E-state index contributed by atoms with van der Waals surface area (Å²) in [6, 6.07) is -4.26. The third-order valence-electron chi connectivity index (χ3n) is 17.3. The van der Waals surface area contributed by atoms with Gasteiger partial charge in [-0.2, -0.15) is 0 Å². The van der Waals surface area contributed by atoms with Crippen LogP contribution in [-0.2, 0) is 66.7 Å². The summed E-state index contributed by atoms with van der Waals surface area (Å²) >= 11 is 0. The molecule has 4 aliphatic rings. The van der Waals surface area contributed by atoms with Gasteiger partial charge in [0.15, 0.2) is 31.3 Å². The molecule has 4 aliphatic heterocycles. The van der Waals surface area contributed by atoms with Crippen molar-refractivity contribution in [1.29, 1.82) is 0 Å². The molecule has 22 atom stereocenters. The van der Waals surface area contributed by atoms with Gasteiger partial charge < -0.3 is 100 Å². The second-order valence-corrected chi connectivity index (χ2v) is 24.4. The number of hydrogen-bond donors (Lipinski definition) is 12. The van der Waals surface area contributed by atoms with E-state index in [2.05, 4.69) is 54.3 Å². The topological polar surface area (TPSA) is 378 Å². The Hall–Kier alpha value is -3.74. The van der Waals surface area contributed by atoms with Crippen LogP contribution in [0.2, 0.25) is 0 Å². The van der Waals surface area contributed by atoms with Crippen molar-refractivity contribution in [1.82, 2.24) is 26.6 Å². The fourth-order valence-corrected chi connectivity index (χ4v) is 12.3. The average molecular weight is 1250 g/mol. The molecule has 0 aromatic carbocycles. The molecule has 4 rings (SSSR count). The number of unbranched alkanes of at least 4 members (excludes halogenated alkanes) is 10. The first-order valence-corrected chi connectivity index (χ1v) is 32.2. The van der Waals surface area contributed by atoms with Gasteiger partial charge in [0.05, 0.1) is 18.3 Å². The van der Waals surface area contributed by atoms with E-state index < -0.39 is 146 Å². The Morgan fingerprint density at radius 2 is 0.966 bits per heavy atom. The minimum absolute atomic E-state index is 0.0645. The molecule has 0 spiro atoms.